The molecule has 2 amide bonds. The summed E-state index contributed by atoms with van der Waals surface area (Å²) in [7, 11) is 1.57. The summed E-state index contributed by atoms with van der Waals surface area (Å²) < 4.78 is 7.13. The van der Waals surface area contributed by atoms with Crippen LogP contribution in [0, 0.1) is 5.92 Å². The maximum absolute atomic E-state index is 13.3. The van der Waals surface area contributed by atoms with Gasteiger partial charge in [-0.05, 0) is 49.1 Å². The van der Waals surface area contributed by atoms with Crippen molar-refractivity contribution in [2.75, 3.05) is 25.5 Å². The van der Waals surface area contributed by atoms with Crippen LogP contribution < -0.4 is 10.1 Å². The minimum absolute atomic E-state index is 0.0607. The van der Waals surface area contributed by atoms with Crippen molar-refractivity contribution in [2.24, 2.45) is 5.92 Å². The molecule has 0 aliphatic heterocycles. The molecule has 0 bridgehead atoms. The van der Waals surface area contributed by atoms with Crippen LogP contribution in [-0.4, -0.2) is 46.5 Å². The van der Waals surface area contributed by atoms with Crippen LogP contribution in [0.2, 0.25) is 0 Å². The second-order valence-electron chi connectivity index (χ2n) is 8.93. The van der Waals surface area contributed by atoms with Crippen LogP contribution in [0.25, 0.3) is 16.9 Å². The minimum Gasteiger partial charge on any atom is -0.497 e. The molecule has 0 saturated heterocycles. The number of rotatable bonds is 9. The van der Waals surface area contributed by atoms with Gasteiger partial charge in [0.2, 0.25) is 11.9 Å². The van der Waals surface area contributed by atoms with E-state index in [2.05, 4.69) is 5.32 Å². The Morgan fingerprint density at radius 1 is 1.00 bits per heavy atom. The highest BCUT2D eigenvalue weighted by molar-refractivity contribution is 5.99. The van der Waals surface area contributed by atoms with Crippen molar-refractivity contribution in [1.29, 1.82) is 0 Å². The van der Waals surface area contributed by atoms with Crippen LogP contribution in [0.3, 0.4) is 0 Å². The summed E-state index contributed by atoms with van der Waals surface area (Å²) in [6.45, 7) is 0.487. The van der Waals surface area contributed by atoms with E-state index in [1.165, 1.54) is 0 Å². The molecule has 5 rings (SSSR count). The van der Waals surface area contributed by atoms with E-state index in [9.17, 15) is 9.59 Å². The lowest BCUT2D eigenvalue weighted by atomic mass is 10.1. The number of nitrogens with zero attached hydrogens (tertiary/aromatic N) is 3. The topological polar surface area (TPSA) is 76.5 Å². The summed E-state index contributed by atoms with van der Waals surface area (Å²) in [5.41, 5.74) is 3.08. The van der Waals surface area contributed by atoms with E-state index in [4.69, 9.17) is 9.72 Å². The lowest BCUT2D eigenvalue weighted by Gasteiger charge is -2.22. The van der Waals surface area contributed by atoms with E-state index in [0.717, 1.165) is 29.8 Å². The van der Waals surface area contributed by atoms with Crippen LogP contribution >= 0.6 is 0 Å². The second kappa shape index (κ2) is 10.5. The van der Waals surface area contributed by atoms with E-state index >= 15 is 0 Å². The molecule has 1 heterocycles. The molecule has 1 saturated carbocycles. The van der Waals surface area contributed by atoms with Gasteiger partial charge in [0.05, 0.1) is 12.8 Å². The minimum atomic E-state index is -0.297. The van der Waals surface area contributed by atoms with Crippen molar-refractivity contribution in [2.45, 2.75) is 12.8 Å². The number of hydrogen-bond donors (Lipinski definition) is 1. The molecule has 0 atom stereocenters. The molecule has 182 valence electrons. The lowest BCUT2D eigenvalue weighted by Crippen LogP contribution is -2.39. The number of carbonyl (C=O) groups is 2. The van der Waals surface area contributed by atoms with Crippen LogP contribution in [0.5, 0.6) is 5.75 Å². The van der Waals surface area contributed by atoms with Gasteiger partial charge in [0.1, 0.15) is 12.3 Å². The molecule has 4 aromatic rings. The van der Waals surface area contributed by atoms with Gasteiger partial charge in [-0.3, -0.25) is 19.5 Å². The zero-order chi connectivity index (χ0) is 24.9. The number of para-hydroxylation sites is 1. The van der Waals surface area contributed by atoms with E-state index < -0.39 is 0 Å². The Labute approximate surface area is 210 Å². The van der Waals surface area contributed by atoms with E-state index in [1.807, 2.05) is 71.4 Å². The van der Waals surface area contributed by atoms with Crippen molar-refractivity contribution in [3.8, 4) is 22.7 Å². The molecule has 1 fully saturated rings. The molecular weight excluding hydrogens is 452 g/mol. The molecule has 36 heavy (non-hydrogen) atoms. The predicted molar refractivity (Wildman–Crippen MR) is 139 cm³/mol. The Balaban J connectivity index is 1.39. The summed E-state index contributed by atoms with van der Waals surface area (Å²) in [5, 5.41) is 2.95. The predicted octanol–water partition coefficient (Wildman–Crippen LogP) is 5.04. The van der Waals surface area contributed by atoms with Gasteiger partial charge in [0.15, 0.2) is 0 Å². The number of anilines is 1. The van der Waals surface area contributed by atoms with Crippen LogP contribution in [0.1, 0.15) is 23.2 Å². The molecular formula is C29H28N4O3. The van der Waals surface area contributed by atoms with E-state index in [1.54, 1.807) is 36.3 Å². The molecule has 1 N–H and O–H groups in total. The highest BCUT2D eigenvalue weighted by atomic mass is 16.5. The Kier molecular flexibility index (Phi) is 6.80. The SMILES string of the molecule is COc1cccc(C(=O)N(CC(=O)Nc2nc(-c3ccccc3)cn2-c2ccccc2)CC2CC2)c1. The normalized spacial score (nSPS) is 12.7. The summed E-state index contributed by atoms with van der Waals surface area (Å²) in [4.78, 5) is 32.9. The summed E-state index contributed by atoms with van der Waals surface area (Å²) in [5.74, 6) is 0.963. The largest absolute Gasteiger partial charge is 0.497 e. The van der Waals surface area contributed by atoms with Crippen LogP contribution in [0.15, 0.2) is 91.1 Å². The smallest absolute Gasteiger partial charge is 0.254 e. The number of aromatic nitrogens is 2. The van der Waals surface area contributed by atoms with Gasteiger partial charge in [-0.2, -0.15) is 0 Å². The number of benzene rings is 3. The molecule has 0 spiro atoms. The Hall–Kier alpha value is -4.39. The Bertz CT molecular complexity index is 1350. The van der Waals surface area contributed by atoms with Crippen molar-refractivity contribution in [1.82, 2.24) is 14.5 Å². The maximum Gasteiger partial charge on any atom is 0.254 e. The first-order chi connectivity index (χ1) is 17.6. The number of hydrogen-bond acceptors (Lipinski definition) is 4. The third-order valence-corrected chi connectivity index (χ3v) is 6.17. The fraction of sp³-hybridized carbons (Fsp3) is 0.207. The number of ether oxygens (including phenoxy) is 1. The van der Waals surface area contributed by atoms with Gasteiger partial charge in [-0.1, -0.05) is 54.6 Å². The van der Waals surface area contributed by atoms with E-state index in [-0.39, 0.29) is 18.4 Å². The first-order valence-electron chi connectivity index (χ1n) is 12.0. The number of imidazole rings is 1. The lowest BCUT2D eigenvalue weighted by molar-refractivity contribution is -0.117. The fourth-order valence-corrected chi connectivity index (χ4v) is 4.11. The first kappa shape index (κ1) is 23.4. The average Bonchev–Trinajstić information content (AvgIpc) is 3.65. The van der Waals surface area contributed by atoms with Gasteiger partial charge in [0.25, 0.3) is 5.91 Å². The molecule has 1 aliphatic carbocycles. The molecule has 7 heteroatoms. The number of nitrogens with one attached hydrogen (secondary N) is 1. The number of methoxy groups -OCH3 is 1. The van der Waals surface area contributed by atoms with Crippen molar-refractivity contribution < 1.29 is 14.3 Å². The van der Waals surface area contributed by atoms with Crippen molar-refractivity contribution in [3.05, 3.63) is 96.7 Å². The molecule has 1 aromatic heterocycles. The molecule has 1 aliphatic rings. The third-order valence-electron chi connectivity index (χ3n) is 6.17. The van der Waals surface area contributed by atoms with Gasteiger partial charge in [-0.15, -0.1) is 0 Å². The summed E-state index contributed by atoms with van der Waals surface area (Å²) in [6, 6.07) is 26.6. The molecule has 3 aromatic carbocycles. The highest BCUT2D eigenvalue weighted by Gasteiger charge is 2.29. The summed E-state index contributed by atoms with van der Waals surface area (Å²) in [6.07, 6.45) is 4.05. The Morgan fingerprint density at radius 3 is 2.42 bits per heavy atom. The molecule has 0 unspecified atom stereocenters. The number of amides is 2. The van der Waals surface area contributed by atoms with Gasteiger partial charge >= 0.3 is 0 Å². The van der Waals surface area contributed by atoms with Crippen molar-refractivity contribution in [3.63, 3.8) is 0 Å². The zero-order valence-electron chi connectivity index (χ0n) is 20.1. The Morgan fingerprint density at radius 2 is 1.72 bits per heavy atom. The average molecular weight is 481 g/mol. The maximum atomic E-state index is 13.3. The van der Waals surface area contributed by atoms with Gasteiger partial charge < -0.3 is 9.64 Å². The highest BCUT2D eigenvalue weighted by Crippen LogP contribution is 2.30. The quantitative estimate of drug-likeness (QED) is 0.364. The molecule has 0 radical (unpaired) electrons. The first-order valence-corrected chi connectivity index (χ1v) is 12.0. The van der Waals surface area contributed by atoms with Gasteiger partial charge in [-0.25, -0.2) is 4.98 Å². The second-order valence-corrected chi connectivity index (χ2v) is 8.93. The van der Waals surface area contributed by atoms with Crippen LogP contribution in [0.4, 0.5) is 5.95 Å². The van der Waals surface area contributed by atoms with E-state index in [0.29, 0.717) is 29.7 Å². The van der Waals surface area contributed by atoms with Gasteiger partial charge in [0, 0.05) is 29.6 Å². The standard InChI is InChI=1S/C29H28N4O3/c1-36-25-14-8-11-23(17-25)28(35)32(18-21-15-16-21)20-27(34)31-29-30-26(22-9-4-2-5-10-22)19-33(29)24-12-6-3-7-13-24/h2-14,17,19,21H,15-16,18,20H2,1H3,(H,30,31,34). The monoisotopic (exact) mass is 480 g/mol. The summed E-state index contributed by atoms with van der Waals surface area (Å²) >= 11 is 0. The molecule has 7 nitrogen and oxygen atoms in total. The third kappa shape index (κ3) is 5.46. The van der Waals surface area contributed by atoms with Crippen molar-refractivity contribution >= 4 is 17.8 Å². The number of carbonyl (C=O) groups excluding carboxylic acids is 2. The zero-order valence-corrected chi connectivity index (χ0v) is 20.1. The fourth-order valence-electron chi connectivity index (χ4n) is 4.11. The van der Waals surface area contributed by atoms with Crippen LogP contribution in [-0.2, 0) is 4.79 Å².